The zero-order valence-electron chi connectivity index (χ0n) is 12.1. The van der Waals surface area contributed by atoms with Crippen LogP contribution >= 0.6 is 0 Å². The van der Waals surface area contributed by atoms with Gasteiger partial charge in [-0.15, -0.1) is 0 Å². The lowest BCUT2D eigenvalue weighted by molar-refractivity contribution is -0.123. The smallest absolute Gasteiger partial charge is 0.241 e. The first kappa shape index (κ1) is 16.9. The highest BCUT2D eigenvalue weighted by atomic mass is 16.3. The molecular formula is C14H22N4O3. The van der Waals surface area contributed by atoms with E-state index in [-0.39, 0.29) is 13.0 Å². The van der Waals surface area contributed by atoms with Crippen LogP contribution in [0.5, 0.6) is 0 Å². The van der Waals surface area contributed by atoms with Crippen LogP contribution in [0.2, 0.25) is 0 Å². The lowest BCUT2D eigenvalue weighted by atomic mass is 10.2. The highest BCUT2D eigenvalue weighted by Gasteiger charge is 2.16. The van der Waals surface area contributed by atoms with Crippen molar-refractivity contribution in [3.63, 3.8) is 0 Å². The SMILES string of the molecule is CCN(CCO)c1ccc(NC(=O)C(N)CC(N)=O)cc1. The van der Waals surface area contributed by atoms with Crippen molar-refractivity contribution in [1.29, 1.82) is 0 Å². The highest BCUT2D eigenvalue weighted by molar-refractivity contribution is 5.97. The van der Waals surface area contributed by atoms with E-state index >= 15 is 0 Å². The molecule has 7 nitrogen and oxygen atoms in total. The Morgan fingerprint density at radius 3 is 2.43 bits per heavy atom. The lowest BCUT2D eigenvalue weighted by Crippen LogP contribution is -2.39. The summed E-state index contributed by atoms with van der Waals surface area (Å²) >= 11 is 0. The first-order chi connectivity index (χ1) is 9.97. The Balaban J connectivity index is 2.65. The molecule has 0 aliphatic rings. The molecule has 116 valence electrons. The first-order valence-electron chi connectivity index (χ1n) is 6.78. The lowest BCUT2D eigenvalue weighted by Gasteiger charge is -2.22. The Labute approximate surface area is 123 Å². The van der Waals surface area contributed by atoms with Crippen LogP contribution in [0.3, 0.4) is 0 Å². The molecule has 1 aromatic carbocycles. The van der Waals surface area contributed by atoms with Crippen molar-refractivity contribution in [3.8, 4) is 0 Å². The van der Waals surface area contributed by atoms with E-state index in [1.807, 2.05) is 24.0 Å². The monoisotopic (exact) mass is 294 g/mol. The molecule has 0 bridgehead atoms. The van der Waals surface area contributed by atoms with Crippen LogP contribution in [0.15, 0.2) is 24.3 Å². The van der Waals surface area contributed by atoms with Gasteiger partial charge in [-0.1, -0.05) is 0 Å². The summed E-state index contributed by atoms with van der Waals surface area (Å²) in [5.74, 6) is -1.07. The number of rotatable bonds is 8. The van der Waals surface area contributed by atoms with E-state index in [1.165, 1.54) is 0 Å². The van der Waals surface area contributed by atoms with Crippen LogP contribution in [0.1, 0.15) is 13.3 Å². The number of nitrogens with zero attached hydrogens (tertiary/aromatic N) is 1. The number of aliphatic hydroxyl groups is 1. The predicted octanol–water partition coefficient (Wildman–Crippen LogP) is -0.354. The van der Waals surface area contributed by atoms with Crippen molar-refractivity contribution >= 4 is 23.2 Å². The Morgan fingerprint density at radius 1 is 1.33 bits per heavy atom. The van der Waals surface area contributed by atoms with E-state index in [4.69, 9.17) is 16.6 Å². The first-order valence-corrected chi connectivity index (χ1v) is 6.78. The van der Waals surface area contributed by atoms with Crippen molar-refractivity contribution < 1.29 is 14.7 Å². The maximum atomic E-state index is 11.7. The average molecular weight is 294 g/mol. The number of carbonyl (C=O) groups excluding carboxylic acids is 2. The molecule has 0 radical (unpaired) electrons. The summed E-state index contributed by atoms with van der Waals surface area (Å²) in [6.07, 6.45) is -0.190. The highest BCUT2D eigenvalue weighted by Crippen LogP contribution is 2.17. The zero-order valence-corrected chi connectivity index (χ0v) is 12.1. The van der Waals surface area contributed by atoms with Crippen LogP contribution in [0.4, 0.5) is 11.4 Å². The maximum Gasteiger partial charge on any atom is 0.241 e. The number of hydrogen-bond acceptors (Lipinski definition) is 5. The van der Waals surface area contributed by atoms with Gasteiger partial charge in [0.05, 0.1) is 19.1 Å². The third-order valence-corrected chi connectivity index (χ3v) is 3.01. The van der Waals surface area contributed by atoms with Crippen LogP contribution in [-0.4, -0.2) is 42.7 Å². The van der Waals surface area contributed by atoms with Gasteiger partial charge in [0.15, 0.2) is 0 Å². The number of carbonyl (C=O) groups is 2. The summed E-state index contributed by atoms with van der Waals surface area (Å²) in [7, 11) is 0. The van der Waals surface area contributed by atoms with E-state index in [2.05, 4.69) is 5.32 Å². The van der Waals surface area contributed by atoms with Crippen molar-refractivity contribution in [3.05, 3.63) is 24.3 Å². The predicted molar refractivity (Wildman–Crippen MR) is 81.8 cm³/mol. The molecule has 6 N–H and O–H groups in total. The third kappa shape index (κ3) is 5.41. The second kappa shape index (κ2) is 8.23. The quantitative estimate of drug-likeness (QED) is 0.522. The maximum absolute atomic E-state index is 11.7. The summed E-state index contributed by atoms with van der Waals surface area (Å²) < 4.78 is 0. The van der Waals surface area contributed by atoms with Crippen LogP contribution in [0, 0.1) is 0 Å². The molecule has 2 amide bonds. The number of nitrogens with two attached hydrogens (primary N) is 2. The Morgan fingerprint density at radius 2 is 1.95 bits per heavy atom. The molecule has 1 atom stereocenters. The van der Waals surface area contributed by atoms with E-state index in [0.717, 1.165) is 12.2 Å². The number of amides is 2. The van der Waals surface area contributed by atoms with Gasteiger partial charge in [0.1, 0.15) is 0 Å². The van der Waals surface area contributed by atoms with E-state index < -0.39 is 17.9 Å². The number of aliphatic hydroxyl groups excluding tert-OH is 1. The van der Waals surface area contributed by atoms with Crippen molar-refractivity contribution in [2.24, 2.45) is 11.5 Å². The van der Waals surface area contributed by atoms with Crippen LogP contribution < -0.4 is 21.7 Å². The Hall–Kier alpha value is -2.12. The Bertz CT molecular complexity index is 476. The van der Waals surface area contributed by atoms with E-state index in [9.17, 15) is 9.59 Å². The number of nitrogens with one attached hydrogen (secondary N) is 1. The minimum Gasteiger partial charge on any atom is -0.395 e. The van der Waals surface area contributed by atoms with E-state index in [1.54, 1.807) is 12.1 Å². The number of likely N-dealkylation sites (N-methyl/N-ethyl adjacent to an activating group) is 1. The van der Waals surface area contributed by atoms with Gasteiger partial charge in [-0.3, -0.25) is 9.59 Å². The van der Waals surface area contributed by atoms with Gasteiger partial charge in [0.25, 0.3) is 0 Å². The fourth-order valence-electron chi connectivity index (χ4n) is 1.89. The normalized spacial score (nSPS) is 11.8. The average Bonchev–Trinajstić information content (AvgIpc) is 2.45. The van der Waals surface area contributed by atoms with Gasteiger partial charge >= 0.3 is 0 Å². The topological polar surface area (TPSA) is 122 Å². The van der Waals surface area contributed by atoms with Crippen LogP contribution in [0.25, 0.3) is 0 Å². The van der Waals surface area contributed by atoms with E-state index in [0.29, 0.717) is 12.2 Å². The molecule has 1 unspecified atom stereocenters. The summed E-state index contributed by atoms with van der Waals surface area (Å²) in [6.45, 7) is 3.39. The standard InChI is InChI=1S/C14H22N4O3/c1-2-18(7-8-19)11-5-3-10(4-6-11)17-14(21)12(15)9-13(16)20/h3-6,12,19H,2,7-9,15H2,1H3,(H2,16,20)(H,17,21). The second-order valence-electron chi connectivity index (χ2n) is 4.62. The van der Waals surface area contributed by atoms with Gasteiger partial charge < -0.3 is 26.8 Å². The molecule has 0 heterocycles. The molecule has 0 fully saturated rings. The second-order valence-corrected chi connectivity index (χ2v) is 4.62. The molecule has 0 aliphatic heterocycles. The number of primary amides is 1. The molecule has 0 aliphatic carbocycles. The van der Waals surface area contributed by atoms with Crippen molar-refractivity contribution in [2.45, 2.75) is 19.4 Å². The minimum atomic E-state index is -0.955. The van der Waals surface area contributed by atoms with Gasteiger partial charge in [-0.05, 0) is 31.2 Å². The largest absolute Gasteiger partial charge is 0.395 e. The molecule has 0 saturated carbocycles. The van der Waals surface area contributed by atoms with Gasteiger partial charge in [0, 0.05) is 24.5 Å². The minimum absolute atomic E-state index is 0.0777. The third-order valence-electron chi connectivity index (χ3n) is 3.01. The van der Waals surface area contributed by atoms with Gasteiger partial charge in [-0.25, -0.2) is 0 Å². The number of hydrogen-bond donors (Lipinski definition) is 4. The molecular weight excluding hydrogens is 272 g/mol. The summed E-state index contributed by atoms with van der Waals surface area (Å²) in [6, 6.07) is 6.21. The molecule has 1 rings (SSSR count). The van der Waals surface area contributed by atoms with Crippen molar-refractivity contribution in [1.82, 2.24) is 0 Å². The van der Waals surface area contributed by atoms with Gasteiger partial charge in [-0.2, -0.15) is 0 Å². The van der Waals surface area contributed by atoms with Crippen molar-refractivity contribution in [2.75, 3.05) is 29.9 Å². The fraction of sp³-hybridized carbons (Fsp3) is 0.429. The number of anilines is 2. The number of benzene rings is 1. The fourth-order valence-corrected chi connectivity index (χ4v) is 1.89. The van der Waals surface area contributed by atoms with Crippen LogP contribution in [-0.2, 0) is 9.59 Å². The molecule has 7 heteroatoms. The zero-order chi connectivity index (χ0) is 15.8. The molecule has 0 saturated heterocycles. The van der Waals surface area contributed by atoms with Gasteiger partial charge in [0.2, 0.25) is 11.8 Å². The molecule has 1 aromatic rings. The summed E-state index contributed by atoms with van der Waals surface area (Å²) in [4.78, 5) is 24.5. The molecule has 21 heavy (non-hydrogen) atoms. The molecule has 0 aromatic heterocycles. The Kier molecular flexibility index (Phi) is 6.64. The summed E-state index contributed by atoms with van der Waals surface area (Å²) in [5, 5.41) is 11.6. The summed E-state index contributed by atoms with van der Waals surface area (Å²) in [5.41, 5.74) is 12.1. The molecule has 0 spiro atoms.